The molecule has 0 aromatic carbocycles. The van der Waals surface area contributed by atoms with Crippen LogP contribution in [0.2, 0.25) is 0 Å². The fourth-order valence-electron chi connectivity index (χ4n) is 8.40. The van der Waals surface area contributed by atoms with Crippen LogP contribution in [0.1, 0.15) is 296 Å². The Labute approximate surface area is 374 Å². The number of amides is 1. The van der Waals surface area contributed by atoms with Crippen LogP contribution in [0.5, 0.6) is 0 Å². The summed E-state index contributed by atoms with van der Waals surface area (Å²) in [6, 6.07) is -0.543. The van der Waals surface area contributed by atoms with Gasteiger partial charge in [-0.3, -0.25) is 9.59 Å². The van der Waals surface area contributed by atoms with Gasteiger partial charge in [-0.05, 0) is 51.4 Å². The molecule has 0 spiro atoms. The van der Waals surface area contributed by atoms with Crippen molar-refractivity contribution >= 4 is 11.9 Å². The number of aliphatic hydroxyl groups is 2. The van der Waals surface area contributed by atoms with Crippen LogP contribution in [0.4, 0.5) is 0 Å². The first kappa shape index (κ1) is 58.6. The second-order valence-electron chi connectivity index (χ2n) is 18.6. The topological polar surface area (TPSA) is 95.9 Å². The summed E-state index contributed by atoms with van der Waals surface area (Å²) in [5.74, 6) is -0.0333. The zero-order chi connectivity index (χ0) is 43.7. The Bertz CT molecular complexity index is 893. The van der Waals surface area contributed by atoms with E-state index in [0.717, 1.165) is 38.5 Å². The van der Waals surface area contributed by atoms with Crippen LogP contribution in [0, 0.1) is 0 Å². The number of rotatable bonds is 50. The second-order valence-corrected chi connectivity index (χ2v) is 18.6. The smallest absolute Gasteiger partial charge is 0.305 e. The molecule has 0 rings (SSSR count). The summed E-state index contributed by atoms with van der Waals surface area (Å²) in [5, 5.41) is 23.1. The molecule has 356 valence electrons. The summed E-state index contributed by atoms with van der Waals surface area (Å²) in [7, 11) is 0. The fraction of sp³-hybridized carbons (Fsp3) is 0.926. The Balaban J connectivity index is 3.38. The van der Waals surface area contributed by atoms with Crippen molar-refractivity contribution in [2.75, 3.05) is 13.2 Å². The van der Waals surface area contributed by atoms with Gasteiger partial charge in [0, 0.05) is 12.8 Å². The molecule has 3 N–H and O–H groups in total. The number of unbranched alkanes of at least 4 members (excludes halogenated alkanes) is 37. The number of aliphatic hydroxyl groups excluding tert-OH is 2. The molecule has 60 heavy (non-hydrogen) atoms. The van der Waals surface area contributed by atoms with Gasteiger partial charge in [0.1, 0.15) is 0 Å². The van der Waals surface area contributed by atoms with E-state index >= 15 is 0 Å². The first-order valence-electron chi connectivity index (χ1n) is 26.9. The largest absolute Gasteiger partial charge is 0.466 e. The summed E-state index contributed by atoms with van der Waals surface area (Å²) < 4.78 is 5.46. The Morgan fingerprint density at radius 1 is 0.450 bits per heavy atom. The number of allylic oxidation sites excluding steroid dienone is 2. The molecule has 6 nitrogen and oxygen atoms in total. The molecule has 0 bridgehead atoms. The van der Waals surface area contributed by atoms with E-state index in [-0.39, 0.29) is 18.5 Å². The molecule has 0 aliphatic rings. The zero-order valence-electron chi connectivity index (χ0n) is 40.5. The van der Waals surface area contributed by atoms with Crippen molar-refractivity contribution in [3.8, 4) is 0 Å². The van der Waals surface area contributed by atoms with Crippen LogP contribution < -0.4 is 5.32 Å². The van der Waals surface area contributed by atoms with Gasteiger partial charge < -0.3 is 20.3 Å². The molecule has 0 aromatic heterocycles. The Kier molecular flexibility index (Phi) is 49.1. The van der Waals surface area contributed by atoms with Crippen molar-refractivity contribution in [3.63, 3.8) is 0 Å². The molecule has 0 radical (unpaired) electrons. The van der Waals surface area contributed by atoms with Crippen LogP contribution in [0.15, 0.2) is 12.2 Å². The van der Waals surface area contributed by atoms with Crippen LogP contribution in [-0.4, -0.2) is 47.4 Å². The average molecular weight is 848 g/mol. The van der Waals surface area contributed by atoms with E-state index in [2.05, 4.69) is 31.3 Å². The quantitative estimate of drug-likeness (QED) is 0.0322. The van der Waals surface area contributed by atoms with Crippen molar-refractivity contribution in [1.82, 2.24) is 5.32 Å². The molecule has 1 amide bonds. The normalized spacial score (nSPS) is 12.7. The molecule has 0 aliphatic carbocycles. The third kappa shape index (κ3) is 46.1. The number of carbonyl (C=O) groups excluding carboxylic acids is 2. The van der Waals surface area contributed by atoms with Gasteiger partial charge in [0.2, 0.25) is 5.91 Å². The molecule has 2 unspecified atom stereocenters. The minimum Gasteiger partial charge on any atom is -0.466 e. The molecule has 0 heterocycles. The van der Waals surface area contributed by atoms with E-state index in [0.29, 0.717) is 25.9 Å². The lowest BCUT2D eigenvalue weighted by atomic mass is 10.0. The summed E-state index contributed by atoms with van der Waals surface area (Å²) >= 11 is 0. The molecule has 0 saturated carbocycles. The molecule has 2 atom stereocenters. The number of carbonyl (C=O) groups is 2. The van der Waals surface area contributed by atoms with E-state index in [9.17, 15) is 19.8 Å². The molecule has 0 aromatic rings. The van der Waals surface area contributed by atoms with Gasteiger partial charge in [0.15, 0.2) is 0 Å². The number of nitrogens with one attached hydrogen (secondary N) is 1. The minimum atomic E-state index is -0.665. The van der Waals surface area contributed by atoms with Crippen molar-refractivity contribution in [1.29, 1.82) is 0 Å². The Morgan fingerprint density at radius 2 is 0.783 bits per heavy atom. The molecule has 6 heteroatoms. The SMILES string of the molecule is CCCCCCCCCCCCCCC(=O)OCCCCCCCCCCCCC/C=C\CCCCCCCCCC(=O)NC(CO)C(O)CCCCCCCCCCC. The maximum atomic E-state index is 12.4. The third-order valence-electron chi connectivity index (χ3n) is 12.6. The average Bonchev–Trinajstić information content (AvgIpc) is 3.25. The van der Waals surface area contributed by atoms with Gasteiger partial charge in [-0.15, -0.1) is 0 Å². The Hall–Kier alpha value is -1.40. The van der Waals surface area contributed by atoms with Crippen LogP contribution >= 0.6 is 0 Å². The standard InChI is InChI=1S/C54H105NO5/c1-3-5-7-9-11-13-14-28-32-36-40-44-48-54(59)60-49-45-41-37-33-29-26-24-22-20-18-16-15-17-19-21-23-25-27-31-35-39-43-47-53(58)55-51(50-56)52(57)46-42-38-34-30-12-10-8-6-4-2/h17,19,51-52,56-57H,3-16,18,20-50H2,1-2H3,(H,55,58)/b19-17-. The van der Waals surface area contributed by atoms with Crippen LogP contribution in [0.25, 0.3) is 0 Å². The van der Waals surface area contributed by atoms with E-state index in [1.54, 1.807) is 0 Å². The molecular weight excluding hydrogens is 743 g/mol. The van der Waals surface area contributed by atoms with E-state index < -0.39 is 12.1 Å². The van der Waals surface area contributed by atoms with Gasteiger partial charge in [-0.2, -0.15) is 0 Å². The Morgan fingerprint density at radius 3 is 1.18 bits per heavy atom. The van der Waals surface area contributed by atoms with Gasteiger partial charge in [0.25, 0.3) is 0 Å². The summed E-state index contributed by atoms with van der Waals surface area (Å²) in [4.78, 5) is 24.4. The number of hydrogen-bond acceptors (Lipinski definition) is 5. The highest BCUT2D eigenvalue weighted by atomic mass is 16.5. The fourth-order valence-corrected chi connectivity index (χ4v) is 8.40. The van der Waals surface area contributed by atoms with Gasteiger partial charge >= 0.3 is 5.97 Å². The van der Waals surface area contributed by atoms with E-state index in [1.165, 1.54) is 225 Å². The number of hydrogen-bond donors (Lipinski definition) is 3. The molecule has 0 aliphatic heterocycles. The molecule has 0 fully saturated rings. The van der Waals surface area contributed by atoms with Crippen molar-refractivity contribution in [2.45, 2.75) is 309 Å². The number of esters is 1. The van der Waals surface area contributed by atoms with Crippen molar-refractivity contribution in [3.05, 3.63) is 12.2 Å². The van der Waals surface area contributed by atoms with E-state index in [1.807, 2.05) is 0 Å². The monoisotopic (exact) mass is 848 g/mol. The highest BCUT2D eigenvalue weighted by Gasteiger charge is 2.20. The highest BCUT2D eigenvalue weighted by Crippen LogP contribution is 2.16. The number of ether oxygens (including phenoxy) is 1. The van der Waals surface area contributed by atoms with Gasteiger partial charge in [0.05, 0.1) is 25.4 Å². The summed E-state index contributed by atoms with van der Waals surface area (Å²) in [6.45, 7) is 4.93. The maximum absolute atomic E-state index is 12.4. The van der Waals surface area contributed by atoms with E-state index in [4.69, 9.17) is 4.74 Å². The first-order chi connectivity index (χ1) is 29.5. The molecule has 0 saturated heterocycles. The predicted octanol–water partition coefficient (Wildman–Crippen LogP) is 16.1. The third-order valence-corrected chi connectivity index (χ3v) is 12.6. The highest BCUT2D eigenvalue weighted by molar-refractivity contribution is 5.76. The van der Waals surface area contributed by atoms with Gasteiger partial charge in [-0.25, -0.2) is 0 Å². The molecular formula is C54H105NO5. The second kappa shape index (κ2) is 50.2. The maximum Gasteiger partial charge on any atom is 0.305 e. The van der Waals surface area contributed by atoms with Crippen LogP contribution in [0.3, 0.4) is 0 Å². The summed E-state index contributed by atoms with van der Waals surface area (Å²) in [5.41, 5.74) is 0. The minimum absolute atomic E-state index is 0.0106. The predicted molar refractivity (Wildman–Crippen MR) is 260 cm³/mol. The lowest BCUT2D eigenvalue weighted by molar-refractivity contribution is -0.143. The van der Waals surface area contributed by atoms with Crippen LogP contribution in [-0.2, 0) is 14.3 Å². The lowest BCUT2D eigenvalue weighted by Gasteiger charge is -2.22. The summed E-state index contributed by atoms with van der Waals surface area (Å²) in [6.07, 6.45) is 57.7. The lowest BCUT2D eigenvalue weighted by Crippen LogP contribution is -2.45. The van der Waals surface area contributed by atoms with Crippen molar-refractivity contribution < 1.29 is 24.5 Å². The van der Waals surface area contributed by atoms with Gasteiger partial charge in [-0.1, -0.05) is 244 Å². The van der Waals surface area contributed by atoms with Crippen molar-refractivity contribution in [2.24, 2.45) is 0 Å². The first-order valence-corrected chi connectivity index (χ1v) is 26.9. The zero-order valence-corrected chi connectivity index (χ0v) is 40.5.